The van der Waals surface area contributed by atoms with Crippen molar-refractivity contribution in [1.82, 2.24) is 15.5 Å². The number of hydrogen-bond donors (Lipinski definition) is 3. The molecule has 1 rings (SSSR count). The molecule has 0 radical (unpaired) electrons. The number of urea groups is 1. The number of likely N-dealkylation sites (tertiary alicyclic amines) is 1. The second-order valence-corrected chi connectivity index (χ2v) is 6.17. The molecule has 0 spiro atoms. The Morgan fingerprint density at radius 3 is 2.40 bits per heavy atom. The summed E-state index contributed by atoms with van der Waals surface area (Å²) in [5.74, 6) is -0.395. The predicted octanol–water partition coefficient (Wildman–Crippen LogP) is 1.27. The maximum absolute atomic E-state index is 11.8. The van der Waals surface area contributed by atoms with Gasteiger partial charge in [-0.3, -0.25) is 4.79 Å². The van der Waals surface area contributed by atoms with Crippen LogP contribution < -0.4 is 10.6 Å². The number of carbonyl (C=O) groups is 2. The third-order valence-corrected chi connectivity index (χ3v) is 3.75. The first kappa shape index (κ1) is 16.8. The number of carbonyl (C=O) groups excluding carboxylic acids is 1. The molecule has 1 saturated heterocycles. The molecule has 1 aliphatic heterocycles. The Bertz CT molecular complexity index is 337. The lowest BCUT2D eigenvalue weighted by atomic mass is 9.97. The molecule has 0 bridgehead atoms. The van der Waals surface area contributed by atoms with E-state index >= 15 is 0 Å². The van der Waals surface area contributed by atoms with Gasteiger partial charge in [-0.2, -0.15) is 0 Å². The van der Waals surface area contributed by atoms with Crippen LogP contribution in [0.4, 0.5) is 4.79 Å². The fourth-order valence-electron chi connectivity index (χ4n) is 2.52. The number of nitrogens with zero attached hydrogens (tertiary/aromatic N) is 1. The summed E-state index contributed by atoms with van der Waals surface area (Å²) < 4.78 is 0. The lowest BCUT2D eigenvalue weighted by Gasteiger charge is -2.31. The molecule has 1 heterocycles. The van der Waals surface area contributed by atoms with Gasteiger partial charge in [-0.25, -0.2) is 4.79 Å². The molecule has 0 unspecified atom stereocenters. The van der Waals surface area contributed by atoms with E-state index in [1.54, 1.807) is 13.8 Å². The lowest BCUT2D eigenvalue weighted by Crippen LogP contribution is -2.50. The molecule has 20 heavy (non-hydrogen) atoms. The first-order valence-corrected chi connectivity index (χ1v) is 7.32. The maximum Gasteiger partial charge on any atom is 0.315 e. The van der Waals surface area contributed by atoms with Crippen molar-refractivity contribution in [2.24, 2.45) is 5.92 Å². The summed E-state index contributed by atoms with van der Waals surface area (Å²) in [5, 5.41) is 14.3. The van der Waals surface area contributed by atoms with Gasteiger partial charge in [-0.05, 0) is 52.2 Å². The van der Waals surface area contributed by atoms with Crippen molar-refractivity contribution in [3.8, 4) is 0 Å². The van der Waals surface area contributed by atoms with Crippen LogP contribution >= 0.6 is 0 Å². The van der Waals surface area contributed by atoms with Crippen LogP contribution in [0.5, 0.6) is 0 Å². The zero-order valence-electron chi connectivity index (χ0n) is 12.7. The predicted molar refractivity (Wildman–Crippen MR) is 77.7 cm³/mol. The Hall–Kier alpha value is -1.30. The van der Waals surface area contributed by atoms with Crippen LogP contribution in [0.3, 0.4) is 0 Å². The van der Waals surface area contributed by atoms with Crippen molar-refractivity contribution in [1.29, 1.82) is 0 Å². The van der Waals surface area contributed by atoms with E-state index in [4.69, 9.17) is 5.11 Å². The quantitative estimate of drug-likeness (QED) is 0.686. The van der Waals surface area contributed by atoms with Crippen molar-refractivity contribution < 1.29 is 14.7 Å². The smallest absolute Gasteiger partial charge is 0.315 e. The highest BCUT2D eigenvalue weighted by atomic mass is 16.4. The van der Waals surface area contributed by atoms with E-state index in [0.717, 1.165) is 32.5 Å². The molecular weight excluding hydrogens is 258 g/mol. The molecule has 0 aromatic heterocycles. The Balaban J connectivity index is 2.25. The van der Waals surface area contributed by atoms with E-state index in [2.05, 4.69) is 22.5 Å². The summed E-state index contributed by atoms with van der Waals surface area (Å²) in [6.07, 6.45) is 2.12. The Morgan fingerprint density at radius 1 is 1.30 bits per heavy atom. The summed E-state index contributed by atoms with van der Waals surface area (Å²) in [6.45, 7) is 9.51. The van der Waals surface area contributed by atoms with Crippen molar-refractivity contribution >= 4 is 12.0 Å². The normalized spacial score (nSPS) is 17.8. The molecule has 6 heteroatoms. The molecule has 1 fully saturated rings. The zero-order valence-corrected chi connectivity index (χ0v) is 12.7. The van der Waals surface area contributed by atoms with E-state index in [9.17, 15) is 9.59 Å². The van der Waals surface area contributed by atoms with Gasteiger partial charge in [0.15, 0.2) is 0 Å². The van der Waals surface area contributed by atoms with E-state index in [1.807, 2.05) is 0 Å². The van der Waals surface area contributed by atoms with Gasteiger partial charge in [0.2, 0.25) is 0 Å². The van der Waals surface area contributed by atoms with Crippen molar-refractivity contribution in [2.45, 2.75) is 45.6 Å². The summed E-state index contributed by atoms with van der Waals surface area (Å²) in [5.41, 5.74) is -0.735. The van der Waals surface area contributed by atoms with Gasteiger partial charge in [0, 0.05) is 12.1 Å². The van der Waals surface area contributed by atoms with Crippen molar-refractivity contribution in [2.75, 3.05) is 26.2 Å². The molecule has 0 aliphatic carbocycles. The number of carboxylic acid groups (broad SMARTS) is 1. The summed E-state index contributed by atoms with van der Waals surface area (Å²) in [7, 11) is 0. The average molecular weight is 285 g/mol. The van der Waals surface area contributed by atoms with Gasteiger partial charge in [-0.15, -0.1) is 0 Å². The van der Waals surface area contributed by atoms with Gasteiger partial charge in [-0.1, -0.05) is 6.92 Å². The number of rotatable bonds is 6. The van der Waals surface area contributed by atoms with E-state index in [1.165, 1.54) is 0 Å². The first-order chi connectivity index (χ1) is 9.32. The molecular formula is C14H27N3O3. The Morgan fingerprint density at radius 2 is 1.90 bits per heavy atom. The van der Waals surface area contributed by atoms with Crippen LogP contribution in [0.15, 0.2) is 0 Å². The fourth-order valence-corrected chi connectivity index (χ4v) is 2.52. The highest BCUT2D eigenvalue weighted by molar-refractivity contribution is 5.76. The van der Waals surface area contributed by atoms with Crippen LogP contribution in [0.2, 0.25) is 0 Å². The number of carboxylic acids is 1. The van der Waals surface area contributed by atoms with Gasteiger partial charge in [0.05, 0.1) is 6.42 Å². The zero-order chi connectivity index (χ0) is 15.2. The molecule has 0 aromatic carbocycles. The number of piperidine rings is 1. The largest absolute Gasteiger partial charge is 0.481 e. The molecule has 116 valence electrons. The van der Waals surface area contributed by atoms with Crippen LogP contribution in [0, 0.1) is 5.92 Å². The topological polar surface area (TPSA) is 81.7 Å². The number of aliphatic carboxylic acids is 1. The maximum atomic E-state index is 11.8. The lowest BCUT2D eigenvalue weighted by molar-refractivity contribution is -0.138. The van der Waals surface area contributed by atoms with Crippen LogP contribution in [0.25, 0.3) is 0 Å². The highest BCUT2D eigenvalue weighted by Crippen LogP contribution is 2.16. The van der Waals surface area contributed by atoms with Gasteiger partial charge < -0.3 is 20.6 Å². The minimum Gasteiger partial charge on any atom is -0.481 e. The van der Waals surface area contributed by atoms with Gasteiger partial charge in [0.25, 0.3) is 0 Å². The molecule has 0 aromatic rings. The van der Waals surface area contributed by atoms with Crippen LogP contribution in [0.1, 0.15) is 40.0 Å². The first-order valence-electron chi connectivity index (χ1n) is 7.32. The Kier molecular flexibility index (Phi) is 6.26. The molecule has 2 amide bonds. The minimum absolute atomic E-state index is 0.0880. The third-order valence-electron chi connectivity index (χ3n) is 3.75. The van der Waals surface area contributed by atoms with E-state index in [-0.39, 0.29) is 12.5 Å². The summed E-state index contributed by atoms with van der Waals surface area (Å²) in [4.78, 5) is 24.9. The van der Waals surface area contributed by atoms with Crippen molar-refractivity contribution in [3.05, 3.63) is 0 Å². The minimum atomic E-state index is -0.915. The molecule has 0 saturated carbocycles. The standard InChI is InChI=1S/C14H27N3O3/c1-4-17-7-5-11(6-8-17)10-15-13(20)16-14(2,3)9-12(18)19/h11H,4-10H2,1-3H3,(H,18,19)(H2,15,16,20). The second-order valence-electron chi connectivity index (χ2n) is 6.17. The monoisotopic (exact) mass is 285 g/mol. The molecule has 6 nitrogen and oxygen atoms in total. The number of amides is 2. The molecule has 1 aliphatic rings. The van der Waals surface area contributed by atoms with Crippen LogP contribution in [-0.2, 0) is 4.79 Å². The number of hydrogen-bond acceptors (Lipinski definition) is 3. The molecule has 3 N–H and O–H groups in total. The van der Waals surface area contributed by atoms with Gasteiger partial charge in [0.1, 0.15) is 0 Å². The second kappa shape index (κ2) is 7.47. The third kappa shape index (κ3) is 6.23. The van der Waals surface area contributed by atoms with Crippen molar-refractivity contribution in [3.63, 3.8) is 0 Å². The van der Waals surface area contributed by atoms with Crippen LogP contribution in [-0.4, -0.2) is 53.7 Å². The number of nitrogens with one attached hydrogen (secondary N) is 2. The average Bonchev–Trinajstić information content (AvgIpc) is 2.34. The summed E-state index contributed by atoms with van der Waals surface area (Å²) in [6, 6.07) is -0.283. The van der Waals surface area contributed by atoms with E-state index < -0.39 is 11.5 Å². The fraction of sp³-hybridized carbons (Fsp3) is 0.857. The summed E-state index contributed by atoms with van der Waals surface area (Å²) >= 11 is 0. The Labute approximate surface area is 120 Å². The SMILES string of the molecule is CCN1CCC(CNC(=O)NC(C)(C)CC(=O)O)CC1. The van der Waals surface area contributed by atoms with Gasteiger partial charge >= 0.3 is 12.0 Å². The van der Waals surface area contributed by atoms with E-state index in [0.29, 0.717) is 12.5 Å². The highest BCUT2D eigenvalue weighted by Gasteiger charge is 2.24. The molecule has 0 atom stereocenters.